The van der Waals surface area contributed by atoms with Crippen molar-refractivity contribution < 1.29 is 19.1 Å². The van der Waals surface area contributed by atoms with Crippen LogP contribution in [0.4, 0.5) is 5.69 Å². The lowest BCUT2D eigenvalue weighted by atomic mass is 9.90. The minimum absolute atomic E-state index is 0.390. The summed E-state index contributed by atoms with van der Waals surface area (Å²) >= 11 is 0. The molecule has 1 heterocycles. The minimum atomic E-state index is -0.390. The van der Waals surface area contributed by atoms with Gasteiger partial charge in [-0.05, 0) is 58.4 Å². The van der Waals surface area contributed by atoms with Crippen molar-refractivity contribution in [2.75, 3.05) is 25.0 Å². The average molecular weight is 309 g/mol. The van der Waals surface area contributed by atoms with Crippen molar-refractivity contribution in [1.29, 1.82) is 0 Å². The van der Waals surface area contributed by atoms with Gasteiger partial charge in [-0.1, -0.05) is 6.92 Å². The van der Waals surface area contributed by atoms with Crippen LogP contribution in [0.15, 0.2) is 24.3 Å². The Kier molecular flexibility index (Phi) is 5.32. The number of hydrogen-bond acceptors (Lipinski definition) is 5. The first-order valence-corrected chi connectivity index (χ1v) is 7.85. The maximum Gasteiger partial charge on any atom is 0.124 e. The summed E-state index contributed by atoms with van der Waals surface area (Å²) in [6, 6.07) is 7.64. The van der Waals surface area contributed by atoms with E-state index >= 15 is 0 Å². The molecule has 0 saturated carbocycles. The van der Waals surface area contributed by atoms with Crippen LogP contribution in [0.3, 0.4) is 0 Å². The fourth-order valence-corrected chi connectivity index (χ4v) is 1.89. The van der Waals surface area contributed by atoms with E-state index in [9.17, 15) is 0 Å². The van der Waals surface area contributed by atoms with Crippen LogP contribution in [0.2, 0.25) is 0 Å². The van der Waals surface area contributed by atoms with Gasteiger partial charge in [0.05, 0.1) is 12.3 Å². The predicted octanol–water partition coefficient (Wildman–Crippen LogP) is 3.73. The molecule has 1 aliphatic heterocycles. The van der Waals surface area contributed by atoms with Gasteiger partial charge in [-0.15, -0.1) is 5.23 Å². The molecule has 0 radical (unpaired) electrons. The van der Waals surface area contributed by atoms with Gasteiger partial charge in [0, 0.05) is 6.61 Å². The number of rotatable bonds is 7. The van der Waals surface area contributed by atoms with Crippen molar-refractivity contribution >= 4 is 5.69 Å². The van der Waals surface area contributed by atoms with Crippen molar-refractivity contribution in [3.05, 3.63) is 24.3 Å². The highest BCUT2D eigenvalue weighted by Crippen LogP contribution is 2.39. The Labute approximate surface area is 133 Å². The SMILES string of the molecule is CCCOCCOc1ccc(N2OC(C)(C)C(C)(C)O2)cc1. The lowest BCUT2D eigenvalue weighted by Crippen LogP contribution is -2.41. The monoisotopic (exact) mass is 309 g/mol. The van der Waals surface area contributed by atoms with Crippen LogP contribution in [0.1, 0.15) is 41.0 Å². The molecule has 0 bridgehead atoms. The zero-order valence-electron chi connectivity index (χ0n) is 14.2. The van der Waals surface area contributed by atoms with Crippen LogP contribution >= 0.6 is 0 Å². The van der Waals surface area contributed by atoms with Crippen molar-refractivity contribution in [3.63, 3.8) is 0 Å². The molecule has 2 rings (SSSR count). The Hall–Kier alpha value is -1.30. The zero-order chi connectivity index (χ0) is 16.2. The van der Waals surface area contributed by atoms with Crippen LogP contribution < -0.4 is 9.96 Å². The van der Waals surface area contributed by atoms with E-state index in [4.69, 9.17) is 19.1 Å². The maximum absolute atomic E-state index is 5.87. The van der Waals surface area contributed by atoms with Crippen molar-refractivity contribution in [1.82, 2.24) is 0 Å². The summed E-state index contributed by atoms with van der Waals surface area (Å²) in [7, 11) is 0. The molecule has 0 N–H and O–H groups in total. The number of benzene rings is 1. The van der Waals surface area contributed by atoms with Crippen molar-refractivity contribution in [3.8, 4) is 5.75 Å². The minimum Gasteiger partial charge on any atom is -0.491 e. The second kappa shape index (κ2) is 6.86. The van der Waals surface area contributed by atoms with E-state index in [0.29, 0.717) is 13.2 Å². The fraction of sp³-hybridized carbons (Fsp3) is 0.647. The molecular weight excluding hydrogens is 282 g/mol. The Morgan fingerprint density at radius 1 is 0.909 bits per heavy atom. The van der Waals surface area contributed by atoms with Gasteiger partial charge in [0.25, 0.3) is 0 Å². The van der Waals surface area contributed by atoms with E-state index in [1.54, 1.807) is 0 Å². The highest BCUT2D eigenvalue weighted by Gasteiger charge is 2.50. The zero-order valence-corrected chi connectivity index (χ0v) is 14.2. The number of anilines is 1. The summed E-state index contributed by atoms with van der Waals surface area (Å²) in [6.07, 6.45) is 1.03. The summed E-state index contributed by atoms with van der Waals surface area (Å²) in [5, 5.41) is 1.48. The van der Waals surface area contributed by atoms with Crippen LogP contribution in [0.5, 0.6) is 5.75 Å². The van der Waals surface area contributed by atoms with E-state index in [1.165, 1.54) is 5.23 Å². The molecular formula is C17H27NO4. The van der Waals surface area contributed by atoms with Crippen molar-refractivity contribution in [2.45, 2.75) is 52.2 Å². The number of ether oxygens (including phenoxy) is 2. The van der Waals surface area contributed by atoms with E-state index in [1.807, 2.05) is 52.0 Å². The van der Waals surface area contributed by atoms with Crippen LogP contribution in [-0.4, -0.2) is 31.0 Å². The molecule has 1 fully saturated rings. The van der Waals surface area contributed by atoms with Crippen LogP contribution in [0, 0.1) is 0 Å². The van der Waals surface area contributed by atoms with E-state index in [2.05, 4.69) is 6.92 Å². The van der Waals surface area contributed by atoms with E-state index in [0.717, 1.165) is 24.5 Å². The van der Waals surface area contributed by atoms with Gasteiger partial charge in [0.1, 0.15) is 23.6 Å². The number of nitrogens with zero attached hydrogens (tertiary/aromatic N) is 1. The van der Waals surface area contributed by atoms with Gasteiger partial charge < -0.3 is 9.47 Å². The third kappa shape index (κ3) is 3.91. The van der Waals surface area contributed by atoms with Gasteiger partial charge in [0.15, 0.2) is 0 Å². The predicted molar refractivity (Wildman–Crippen MR) is 85.9 cm³/mol. The second-order valence-corrected chi connectivity index (χ2v) is 6.42. The average Bonchev–Trinajstić information content (AvgIpc) is 2.68. The van der Waals surface area contributed by atoms with E-state index in [-0.39, 0.29) is 0 Å². The Bertz CT molecular complexity index is 454. The molecule has 22 heavy (non-hydrogen) atoms. The Morgan fingerprint density at radius 2 is 1.50 bits per heavy atom. The molecule has 1 aromatic carbocycles. The summed E-state index contributed by atoms with van der Waals surface area (Å²) in [4.78, 5) is 11.7. The molecule has 5 heteroatoms. The van der Waals surface area contributed by atoms with Crippen molar-refractivity contribution in [2.24, 2.45) is 0 Å². The third-order valence-corrected chi connectivity index (χ3v) is 3.96. The Balaban J connectivity index is 1.87. The lowest BCUT2D eigenvalue weighted by molar-refractivity contribution is -0.0273. The second-order valence-electron chi connectivity index (χ2n) is 6.42. The molecule has 5 nitrogen and oxygen atoms in total. The summed E-state index contributed by atoms with van der Waals surface area (Å²) in [6.45, 7) is 12.1. The standard InChI is InChI=1S/C17H27NO4/c1-6-11-19-12-13-20-15-9-7-14(8-10-15)18-21-16(2,3)17(4,5)22-18/h7-10H,6,11-13H2,1-5H3. The van der Waals surface area contributed by atoms with Gasteiger partial charge in [-0.3, -0.25) is 0 Å². The highest BCUT2D eigenvalue weighted by molar-refractivity contribution is 5.46. The molecule has 1 aromatic rings. The molecule has 1 saturated heterocycles. The Morgan fingerprint density at radius 3 is 2.05 bits per heavy atom. The fourth-order valence-electron chi connectivity index (χ4n) is 1.89. The summed E-state index contributed by atoms with van der Waals surface area (Å²) in [5.41, 5.74) is 0.0608. The molecule has 0 unspecified atom stereocenters. The van der Waals surface area contributed by atoms with Crippen LogP contribution in [0.25, 0.3) is 0 Å². The summed E-state index contributed by atoms with van der Waals surface area (Å²) < 4.78 is 11.0. The lowest BCUT2D eigenvalue weighted by Gasteiger charge is -2.26. The van der Waals surface area contributed by atoms with Gasteiger partial charge in [-0.25, -0.2) is 9.68 Å². The van der Waals surface area contributed by atoms with E-state index < -0.39 is 11.2 Å². The first-order chi connectivity index (χ1) is 10.4. The van der Waals surface area contributed by atoms with Crippen LogP contribution in [-0.2, 0) is 14.4 Å². The quantitative estimate of drug-likeness (QED) is 0.718. The molecule has 0 atom stereocenters. The first-order valence-electron chi connectivity index (χ1n) is 7.85. The number of hydrogen-bond donors (Lipinski definition) is 0. The normalized spacial score (nSPS) is 19.4. The topological polar surface area (TPSA) is 40.2 Å². The first kappa shape index (κ1) is 17.1. The van der Waals surface area contributed by atoms with Gasteiger partial charge in [0.2, 0.25) is 0 Å². The summed E-state index contributed by atoms with van der Waals surface area (Å²) in [5.74, 6) is 0.807. The molecule has 0 aliphatic carbocycles. The smallest absolute Gasteiger partial charge is 0.124 e. The largest absolute Gasteiger partial charge is 0.491 e. The molecule has 0 spiro atoms. The molecule has 0 amide bonds. The third-order valence-electron chi connectivity index (χ3n) is 3.96. The molecule has 124 valence electrons. The molecule has 0 aromatic heterocycles. The van der Waals surface area contributed by atoms with Gasteiger partial charge >= 0.3 is 0 Å². The maximum atomic E-state index is 5.87. The highest BCUT2D eigenvalue weighted by atomic mass is 17.0. The molecule has 1 aliphatic rings. The van der Waals surface area contributed by atoms with Gasteiger partial charge in [-0.2, -0.15) is 0 Å².